The molecule has 2 aromatic carbocycles. The number of amides is 2. The number of esters is 1. The number of nitrogens with zero attached hydrogens (tertiary/aromatic N) is 3. The van der Waals surface area contributed by atoms with Crippen molar-refractivity contribution in [3.05, 3.63) is 70.4 Å². The lowest BCUT2D eigenvalue weighted by molar-refractivity contribution is -0.157. The number of ether oxygens (including phenoxy) is 1. The molecule has 0 radical (unpaired) electrons. The fraction of sp³-hybridized carbons (Fsp3) is 0.333. The topological polar surface area (TPSA) is 88.9 Å². The molecule has 1 aromatic heterocycles. The number of piperidine rings is 1. The number of carbonyl (C=O) groups is 4. The van der Waals surface area contributed by atoms with Crippen molar-refractivity contribution >= 4 is 46.1 Å². The number of halogens is 2. The summed E-state index contributed by atoms with van der Waals surface area (Å²) in [4.78, 5) is 52.3. The Morgan fingerprint density at radius 2 is 1.92 bits per heavy atom. The summed E-state index contributed by atoms with van der Waals surface area (Å²) in [6.07, 6.45) is 2.75. The number of likely N-dealkylation sites (tertiary alicyclic amines) is 1. The van der Waals surface area contributed by atoms with Crippen molar-refractivity contribution in [2.24, 2.45) is 5.92 Å². The highest BCUT2D eigenvalue weighted by Gasteiger charge is 2.56. The summed E-state index contributed by atoms with van der Waals surface area (Å²) in [5.74, 6) is -1.69. The molecule has 0 N–H and O–H groups in total. The SMILES string of the molecule is COC(=O)c1ccc2c(C(C)=O)cn(CC(=O)N3[C@@H]4C[C@@H]4C[C@H]3C(=O)N(F)Cc3cccc(Cl)c3)c2c1. The van der Waals surface area contributed by atoms with E-state index in [4.69, 9.17) is 16.3 Å². The largest absolute Gasteiger partial charge is 0.465 e. The molecule has 1 saturated heterocycles. The molecule has 0 unspecified atom stereocenters. The van der Waals surface area contributed by atoms with Crippen molar-refractivity contribution < 1.29 is 28.4 Å². The van der Waals surface area contributed by atoms with Gasteiger partial charge in [-0.3, -0.25) is 14.4 Å². The van der Waals surface area contributed by atoms with Crippen LogP contribution in [0.5, 0.6) is 0 Å². The van der Waals surface area contributed by atoms with Crippen LogP contribution in [0.4, 0.5) is 4.48 Å². The number of rotatable bonds is 7. The summed E-state index contributed by atoms with van der Waals surface area (Å²) in [6, 6.07) is 10.4. The van der Waals surface area contributed by atoms with E-state index in [2.05, 4.69) is 0 Å². The van der Waals surface area contributed by atoms with E-state index in [0.29, 0.717) is 33.5 Å². The second-order valence-electron chi connectivity index (χ2n) is 9.55. The summed E-state index contributed by atoms with van der Waals surface area (Å²) in [7, 11) is 1.27. The summed E-state index contributed by atoms with van der Waals surface area (Å²) in [6.45, 7) is 0.991. The van der Waals surface area contributed by atoms with Gasteiger partial charge in [-0.05, 0) is 55.5 Å². The number of hydrogen-bond donors (Lipinski definition) is 0. The van der Waals surface area contributed by atoms with Crippen LogP contribution in [0.25, 0.3) is 10.9 Å². The third kappa shape index (κ3) is 4.71. The van der Waals surface area contributed by atoms with E-state index in [0.717, 1.165) is 6.42 Å². The monoisotopic (exact) mass is 525 g/mol. The summed E-state index contributed by atoms with van der Waals surface area (Å²) in [5, 5.41) is 1.18. The average molecular weight is 526 g/mol. The van der Waals surface area contributed by atoms with Gasteiger partial charge in [-0.1, -0.05) is 34.3 Å². The number of fused-ring (bicyclic) bond motifs is 2. The van der Waals surface area contributed by atoms with Gasteiger partial charge in [0.25, 0.3) is 5.91 Å². The maximum Gasteiger partial charge on any atom is 0.337 e. The number of benzene rings is 2. The minimum absolute atomic E-state index is 0.110. The smallest absolute Gasteiger partial charge is 0.337 e. The van der Waals surface area contributed by atoms with Crippen LogP contribution >= 0.6 is 11.6 Å². The fourth-order valence-corrected chi connectivity index (χ4v) is 5.46. The van der Waals surface area contributed by atoms with Gasteiger partial charge in [0.15, 0.2) is 5.78 Å². The number of Topliss-reactive ketones (excluding diaryl/α,β-unsaturated/α-hetero) is 1. The summed E-state index contributed by atoms with van der Waals surface area (Å²) in [5.41, 5.74) is 1.75. The van der Waals surface area contributed by atoms with Gasteiger partial charge in [0.05, 0.1) is 24.7 Å². The lowest BCUT2D eigenvalue weighted by Crippen LogP contribution is -2.48. The zero-order chi connectivity index (χ0) is 26.4. The van der Waals surface area contributed by atoms with Crippen molar-refractivity contribution in [3.8, 4) is 0 Å². The molecule has 1 aliphatic carbocycles. The first kappa shape index (κ1) is 25.0. The number of carbonyl (C=O) groups excluding carboxylic acids is 4. The first-order valence-electron chi connectivity index (χ1n) is 11.9. The van der Waals surface area contributed by atoms with Gasteiger partial charge in [0.1, 0.15) is 12.6 Å². The van der Waals surface area contributed by atoms with Crippen LogP contribution in [0, 0.1) is 5.92 Å². The third-order valence-corrected chi connectivity index (χ3v) is 7.35. The molecular weight excluding hydrogens is 501 g/mol. The molecule has 0 bridgehead atoms. The zero-order valence-corrected chi connectivity index (χ0v) is 21.1. The lowest BCUT2D eigenvalue weighted by Gasteiger charge is -2.28. The highest BCUT2D eigenvalue weighted by molar-refractivity contribution is 6.30. The molecule has 5 rings (SSSR count). The van der Waals surface area contributed by atoms with Crippen LogP contribution in [0.2, 0.25) is 5.02 Å². The molecule has 3 aromatic rings. The minimum Gasteiger partial charge on any atom is -0.465 e. The predicted molar refractivity (Wildman–Crippen MR) is 134 cm³/mol. The predicted octanol–water partition coefficient (Wildman–Crippen LogP) is 4.19. The minimum atomic E-state index is -0.903. The van der Waals surface area contributed by atoms with Crippen molar-refractivity contribution in [2.45, 2.75) is 44.9 Å². The van der Waals surface area contributed by atoms with E-state index in [1.165, 1.54) is 18.9 Å². The first-order chi connectivity index (χ1) is 17.7. The molecule has 2 amide bonds. The first-order valence-corrected chi connectivity index (χ1v) is 12.3. The molecule has 1 aliphatic heterocycles. The van der Waals surface area contributed by atoms with Crippen molar-refractivity contribution in [1.82, 2.24) is 14.6 Å². The molecule has 2 aliphatic rings. The van der Waals surface area contributed by atoms with Crippen LogP contribution in [-0.4, -0.2) is 57.3 Å². The van der Waals surface area contributed by atoms with Gasteiger partial charge >= 0.3 is 5.97 Å². The number of aromatic nitrogens is 1. The van der Waals surface area contributed by atoms with E-state index in [1.54, 1.807) is 53.2 Å². The molecule has 3 atom stereocenters. The van der Waals surface area contributed by atoms with E-state index in [1.807, 2.05) is 0 Å². The maximum atomic E-state index is 14.9. The van der Waals surface area contributed by atoms with Crippen molar-refractivity contribution in [3.63, 3.8) is 0 Å². The Kier molecular flexibility index (Phi) is 6.49. The van der Waals surface area contributed by atoms with Crippen LogP contribution in [0.15, 0.2) is 48.7 Å². The van der Waals surface area contributed by atoms with E-state index in [9.17, 15) is 23.7 Å². The summed E-state index contributed by atoms with van der Waals surface area (Å²) < 4.78 is 21.3. The van der Waals surface area contributed by atoms with Gasteiger partial charge in [-0.25, -0.2) is 4.79 Å². The quantitative estimate of drug-likeness (QED) is 0.262. The Morgan fingerprint density at radius 3 is 2.62 bits per heavy atom. The number of hydrogen-bond acceptors (Lipinski definition) is 5. The standard InChI is InChI=1S/C27H25ClFN3O5/c1-15(33)21-13-30(23-9-17(27(36)37-2)6-7-20(21)23)14-25(34)32-22-10-18(22)11-24(32)26(35)31(29)12-16-4-3-5-19(28)8-16/h3-9,13,18,22,24H,10-12,14H2,1-2H3/t18-,22-,24+/m1/s1. The average Bonchev–Trinajstić information content (AvgIpc) is 3.38. The van der Waals surface area contributed by atoms with Gasteiger partial charge in [-0.15, -0.1) is 0 Å². The van der Waals surface area contributed by atoms with Gasteiger partial charge in [0, 0.05) is 28.2 Å². The van der Waals surface area contributed by atoms with Crippen molar-refractivity contribution in [1.29, 1.82) is 0 Å². The lowest BCUT2D eigenvalue weighted by atomic mass is 10.1. The highest BCUT2D eigenvalue weighted by atomic mass is 35.5. The molecule has 37 heavy (non-hydrogen) atoms. The highest BCUT2D eigenvalue weighted by Crippen LogP contribution is 2.48. The Morgan fingerprint density at radius 1 is 1.14 bits per heavy atom. The van der Waals surface area contributed by atoms with Crippen LogP contribution < -0.4 is 0 Å². The Hall–Kier alpha value is -3.72. The molecule has 192 valence electrons. The Bertz CT molecular complexity index is 1440. The second-order valence-corrected chi connectivity index (χ2v) is 9.99. The number of methoxy groups -OCH3 is 1. The maximum absolute atomic E-state index is 14.9. The Balaban J connectivity index is 1.39. The Labute approximate surface area is 217 Å². The molecule has 8 nitrogen and oxygen atoms in total. The molecular formula is C27H25ClFN3O5. The van der Waals surface area contributed by atoms with Crippen LogP contribution in [-0.2, 0) is 27.4 Å². The normalized spacial score (nSPS) is 20.0. The zero-order valence-electron chi connectivity index (χ0n) is 20.3. The fourth-order valence-electron chi connectivity index (χ4n) is 5.25. The molecule has 1 saturated carbocycles. The molecule has 2 fully saturated rings. The second kappa shape index (κ2) is 9.63. The number of ketones is 1. The van der Waals surface area contributed by atoms with Gasteiger partial charge < -0.3 is 14.2 Å². The van der Waals surface area contributed by atoms with Crippen LogP contribution in [0.3, 0.4) is 0 Å². The van der Waals surface area contributed by atoms with Gasteiger partial charge in [0.2, 0.25) is 5.91 Å². The van der Waals surface area contributed by atoms with Crippen LogP contribution in [0.1, 0.15) is 46.0 Å². The van der Waals surface area contributed by atoms with Crippen molar-refractivity contribution in [2.75, 3.05) is 7.11 Å². The molecule has 2 heterocycles. The van der Waals surface area contributed by atoms with E-state index in [-0.39, 0.29) is 47.4 Å². The van der Waals surface area contributed by atoms with Gasteiger partial charge in [-0.2, -0.15) is 5.12 Å². The van der Waals surface area contributed by atoms with E-state index < -0.39 is 17.9 Å². The molecule has 0 spiro atoms. The van der Waals surface area contributed by atoms with E-state index >= 15 is 0 Å². The third-order valence-electron chi connectivity index (χ3n) is 7.12. The summed E-state index contributed by atoms with van der Waals surface area (Å²) >= 11 is 5.97. The molecule has 10 heteroatoms.